The fourth-order valence-electron chi connectivity index (χ4n) is 2.81. The van der Waals surface area contributed by atoms with Gasteiger partial charge in [-0.2, -0.15) is 5.26 Å². The van der Waals surface area contributed by atoms with Gasteiger partial charge in [0.05, 0.1) is 11.6 Å². The minimum atomic E-state index is -0.765. The molecule has 2 aliphatic rings. The Morgan fingerprint density at radius 3 is 3.05 bits per heavy atom. The zero-order valence-electron chi connectivity index (χ0n) is 10.2. The van der Waals surface area contributed by atoms with Crippen molar-refractivity contribution in [3.05, 3.63) is 34.1 Å². The van der Waals surface area contributed by atoms with Crippen molar-refractivity contribution in [1.29, 1.82) is 5.26 Å². The summed E-state index contributed by atoms with van der Waals surface area (Å²) in [5.41, 5.74) is 5.57. The van der Waals surface area contributed by atoms with E-state index >= 15 is 0 Å². The predicted molar refractivity (Wildman–Crippen MR) is 77.1 cm³/mol. The van der Waals surface area contributed by atoms with E-state index in [1.54, 1.807) is 12.1 Å². The van der Waals surface area contributed by atoms with Crippen molar-refractivity contribution in [1.82, 2.24) is 0 Å². The number of amidine groups is 1. The first kappa shape index (κ1) is 12.9. The van der Waals surface area contributed by atoms with Crippen molar-refractivity contribution < 1.29 is 4.39 Å². The number of nitrogens with two attached hydrogens (primary N) is 1. The lowest BCUT2D eigenvalue weighted by molar-refractivity contribution is 0.400. The van der Waals surface area contributed by atoms with Crippen molar-refractivity contribution >= 4 is 32.9 Å². The standard InChI is InChI=1S/C13H11BrFN3S/c1-12(8-4-7(14)2-3-9(8)15)10-5-13(10,6-16)19-11(17)18-12/h2-4,10H,5H2,1H3,(H2,17,18)/t10-,12+,13+/m0/s1. The maximum Gasteiger partial charge on any atom is 0.156 e. The molecule has 3 nitrogen and oxygen atoms in total. The third kappa shape index (κ3) is 1.79. The molecule has 1 fully saturated rings. The zero-order chi connectivity index (χ0) is 13.8. The lowest BCUT2D eigenvalue weighted by Crippen LogP contribution is -2.35. The number of rotatable bonds is 1. The van der Waals surface area contributed by atoms with Crippen molar-refractivity contribution in [2.45, 2.75) is 23.6 Å². The van der Waals surface area contributed by atoms with Gasteiger partial charge in [-0.3, -0.25) is 4.99 Å². The summed E-state index contributed by atoms with van der Waals surface area (Å²) in [5, 5.41) is 9.69. The number of aliphatic imine (C=N–C) groups is 1. The molecule has 1 aliphatic heterocycles. The van der Waals surface area contributed by atoms with Gasteiger partial charge in [-0.15, -0.1) is 0 Å². The van der Waals surface area contributed by atoms with E-state index in [1.807, 2.05) is 6.92 Å². The van der Waals surface area contributed by atoms with Gasteiger partial charge in [-0.25, -0.2) is 4.39 Å². The first-order valence-electron chi connectivity index (χ1n) is 5.82. The molecule has 3 atom stereocenters. The Morgan fingerprint density at radius 2 is 2.37 bits per heavy atom. The quantitative estimate of drug-likeness (QED) is 0.854. The van der Waals surface area contributed by atoms with Crippen LogP contribution in [0.5, 0.6) is 0 Å². The smallest absolute Gasteiger partial charge is 0.156 e. The van der Waals surface area contributed by atoms with Crippen LogP contribution in [0.25, 0.3) is 0 Å². The summed E-state index contributed by atoms with van der Waals surface area (Å²) in [6.45, 7) is 1.86. The third-order valence-corrected chi connectivity index (χ3v) is 5.58. The van der Waals surface area contributed by atoms with Gasteiger partial charge in [0.1, 0.15) is 10.6 Å². The molecule has 0 radical (unpaired) electrons. The second-order valence-electron chi connectivity index (χ2n) is 5.08. The van der Waals surface area contributed by atoms with Crippen LogP contribution in [0.1, 0.15) is 18.9 Å². The summed E-state index contributed by atoms with van der Waals surface area (Å²) < 4.78 is 14.4. The van der Waals surface area contributed by atoms with Crippen molar-refractivity contribution in [2.24, 2.45) is 16.6 Å². The van der Waals surface area contributed by atoms with Crippen molar-refractivity contribution in [2.75, 3.05) is 0 Å². The Morgan fingerprint density at radius 1 is 1.63 bits per heavy atom. The van der Waals surface area contributed by atoms with Gasteiger partial charge in [0, 0.05) is 16.0 Å². The number of hydrogen-bond donors (Lipinski definition) is 1. The monoisotopic (exact) mass is 339 g/mol. The van der Waals surface area contributed by atoms with Crippen LogP contribution in [0.3, 0.4) is 0 Å². The van der Waals surface area contributed by atoms with Crippen LogP contribution in [0.15, 0.2) is 27.7 Å². The SMILES string of the molecule is C[C@]1(c2cc(Br)ccc2F)N=C(N)S[C@@]2(C#N)C[C@H]21. The van der Waals surface area contributed by atoms with Crippen molar-refractivity contribution in [3.63, 3.8) is 0 Å². The minimum Gasteiger partial charge on any atom is -0.378 e. The van der Waals surface area contributed by atoms with E-state index in [1.165, 1.54) is 17.8 Å². The van der Waals surface area contributed by atoms with Crippen LogP contribution in [0.4, 0.5) is 4.39 Å². The first-order valence-corrected chi connectivity index (χ1v) is 7.43. The maximum absolute atomic E-state index is 14.1. The highest BCUT2D eigenvalue weighted by Crippen LogP contribution is 2.65. The molecular formula is C13H11BrFN3S. The molecule has 1 aromatic rings. The van der Waals surface area contributed by atoms with Crippen LogP contribution in [0, 0.1) is 23.1 Å². The summed E-state index contributed by atoms with van der Waals surface area (Å²) in [7, 11) is 0. The Kier molecular flexibility index (Phi) is 2.70. The summed E-state index contributed by atoms with van der Waals surface area (Å²) >= 11 is 4.65. The Labute approximate surface area is 123 Å². The Balaban J connectivity index is 2.16. The van der Waals surface area contributed by atoms with Gasteiger partial charge < -0.3 is 5.73 Å². The van der Waals surface area contributed by atoms with Crippen LogP contribution < -0.4 is 5.73 Å². The van der Waals surface area contributed by atoms with Gasteiger partial charge in [0.2, 0.25) is 0 Å². The number of nitriles is 1. The molecule has 98 valence electrons. The molecule has 1 saturated carbocycles. The molecule has 0 spiro atoms. The third-order valence-electron chi connectivity index (χ3n) is 3.88. The molecule has 0 amide bonds. The fraction of sp³-hybridized carbons (Fsp3) is 0.385. The fourth-order valence-corrected chi connectivity index (χ4v) is 4.44. The molecule has 1 heterocycles. The normalized spacial score (nSPS) is 36.1. The molecular weight excluding hydrogens is 329 g/mol. The van der Waals surface area contributed by atoms with Crippen LogP contribution in [0.2, 0.25) is 0 Å². The molecule has 0 bridgehead atoms. The van der Waals surface area contributed by atoms with E-state index in [0.717, 1.165) is 4.47 Å². The molecule has 0 saturated heterocycles. The first-order chi connectivity index (χ1) is 8.91. The van der Waals surface area contributed by atoms with Gasteiger partial charge in [0.15, 0.2) is 5.17 Å². The lowest BCUT2D eigenvalue weighted by atomic mass is 9.86. The minimum absolute atomic E-state index is 0.00565. The van der Waals surface area contributed by atoms with E-state index in [9.17, 15) is 9.65 Å². The maximum atomic E-state index is 14.1. The summed E-state index contributed by atoms with van der Waals surface area (Å²) in [5.74, 6) is -0.306. The molecule has 19 heavy (non-hydrogen) atoms. The summed E-state index contributed by atoms with van der Waals surface area (Å²) in [6.07, 6.45) is 0.695. The summed E-state index contributed by atoms with van der Waals surface area (Å²) in [4.78, 5) is 4.45. The van der Waals surface area contributed by atoms with E-state index in [0.29, 0.717) is 17.2 Å². The number of fused-ring (bicyclic) bond motifs is 1. The Hall–Kier alpha value is -1.06. The average molecular weight is 340 g/mol. The second kappa shape index (κ2) is 3.97. The zero-order valence-corrected chi connectivity index (χ0v) is 12.6. The number of thioether (sulfide) groups is 1. The number of nitrogens with zero attached hydrogens (tertiary/aromatic N) is 2. The average Bonchev–Trinajstić information content (AvgIpc) is 3.08. The van der Waals surface area contributed by atoms with E-state index < -0.39 is 10.3 Å². The summed E-state index contributed by atoms with van der Waals surface area (Å²) in [6, 6.07) is 7.10. The molecule has 0 unspecified atom stereocenters. The molecule has 3 rings (SSSR count). The van der Waals surface area contributed by atoms with Crippen molar-refractivity contribution in [3.8, 4) is 6.07 Å². The van der Waals surface area contributed by atoms with Crippen LogP contribution in [-0.4, -0.2) is 9.91 Å². The molecule has 1 aliphatic carbocycles. The highest BCUT2D eigenvalue weighted by Gasteiger charge is 2.67. The Bertz CT molecular complexity index is 641. The molecule has 6 heteroatoms. The van der Waals surface area contributed by atoms with Gasteiger partial charge in [-0.1, -0.05) is 27.7 Å². The largest absolute Gasteiger partial charge is 0.378 e. The number of benzene rings is 1. The highest BCUT2D eigenvalue weighted by atomic mass is 79.9. The second-order valence-corrected chi connectivity index (χ2v) is 7.35. The number of hydrogen-bond acceptors (Lipinski definition) is 4. The molecule has 0 aromatic heterocycles. The predicted octanol–water partition coefficient (Wildman–Crippen LogP) is 3.15. The topological polar surface area (TPSA) is 62.2 Å². The van der Waals surface area contributed by atoms with E-state index in [-0.39, 0.29) is 11.7 Å². The molecule has 2 N–H and O–H groups in total. The van der Waals surface area contributed by atoms with E-state index in [4.69, 9.17) is 5.73 Å². The molecule has 1 aromatic carbocycles. The number of halogens is 2. The lowest BCUT2D eigenvalue weighted by Gasteiger charge is -2.32. The highest BCUT2D eigenvalue weighted by molar-refractivity contribution is 9.10. The van der Waals surface area contributed by atoms with Gasteiger partial charge >= 0.3 is 0 Å². The van der Waals surface area contributed by atoms with Gasteiger partial charge in [-0.05, 0) is 31.5 Å². The van der Waals surface area contributed by atoms with E-state index in [2.05, 4.69) is 27.0 Å². The van der Waals surface area contributed by atoms with Crippen LogP contribution in [-0.2, 0) is 5.54 Å². The van der Waals surface area contributed by atoms with Crippen LogP contribution >= 0.6 is 27.7 Å². The van der Waals surface area contributed by atoms with Gasteiger partial charge in [0.25, 0.3) is 0 Å².